The van der Waals surface area contributed by atoms with Crippen molar-refractivity contribution in [3.63, 3.8) is 0 Å². The second kappa shape index (κ2) is 3.30. The van der Waals surface area contributed by atoms with Crippen molar-refractivity contribution in [3.05, 3.63) is 12.7 Å². The number of carbonyl (C=O) groups excluding carboxylic acids is 1. The summed E-state index contributed by atoms with van der Waals surface area (Å²) in [6.07, 6.45) is 4.46. The molecule has 0 bridgehead atoms. The minimum Gasteiger partial charge on any atom is -0.469 e. The molecule has 12 heavy (non-hydrogen) atoms. The van der Waals surface area contributed by atoms with Crippen LogP contribution < -0.4 is 0 Å². The molecule has 0 unspecified atom stereocenters. The predicted octanol–water partition coefficient (Wildman–Crippen LogP) is 2.15. The lowest BCUT2D eigenvalue weighted by Crippen LogP contribution is -2.43. The maximum absolute atomic E-state index is 11.4. The first-order valence-corrected chi connectivity index (χ1v) is 4.34. The fraction of sp³-hybridized carbons (Fsp3) is 0.700. The fourth-order valence-corrected chi connectivity index (χ4v) is 2.18. The zero-order chi connectivity index (χ0) is 9.19. The van der Waals surface area contributed by atoms with E-state index in [9.17, 15) is 4.79 Å². The summed E-state index contributed by atoms with van der Waals surface area (Å²) in [5.74, 6) is 0.588. The molecule has 1 saturated carbocycles. The zero-order valence-electron chi connectivity index (χ0n) is 7.80. The lowest BCUT2D eigenvalue weighted by molar-refractivity contribution is -0.161. The largest absolute Gasteiger partial charge is 0.469 e. The average molecular weight is 168 g/mol. The number of rotatable bonds is 3. The summed E-state index contributed by atoms with van der Waals surface area (Å²) in [7, 11) is 1.45. The van der Waals surface area contributed by atoms with Crippen LogP contribution in [0, 0.1) is 11.3 Å². The molecule has 0 amide bonds. The van der Waals surface area contributed by atoms with E-state index in [1.54, 1.807) is 0 Å². The molecular weight excluding hydrogens is 152 g/mol. The summed E-state index contributed by atoms with van der Waals surface area (Å²) in [5.41, 5.74) is -0.226. The summed E-state index contributed by atoms with van der Waals surface area (Å²) < 4.78 is 4.77. The van der Waals surface area contributed by atoms with Crippen molar-refractivity contribution in [2.75, 3.05) is 7.11 Å². The predicted molar refractivity (Wildman–Crippen MR) is 47.7 cm³/mol. The quantitative estimate of drug-likeness (QED) is 0.477. The maximum atomic E-state index is 11.4. The van der Waals surface area contributed by atoms with Gasteiger partial charge in [-0.1, -0.05) is 13.0 Å². The lowest BCUT2D eigenvalue weighted by atomic mass is 9.61. The van der Waals surface area contributed by atoms with E-state index in [2.05, 4.69) is 13.5 Å². The molecule has 0 aromatic rings. The Kier molecular flexibility index (Phi) is 2.55. The highest BCUT2D eigenvalue weighted by atomic mass is 16.5. The Labute approximate surface area is 73.6 Å². The Balaban J connectivity index is 2.62. The van der Waals surface area contributed by atoms with Gasteiger partial charge in [-0.15, -0.1) is 6.58 Å². The van der Waals surface area contributed by atoms with Crippen LogP contribution in [0.5, 0.6) is 0 Å². The molecular formula is C10H16O2. The number of allylic oxidation sites excluding steroid dienone is 1. The van der Waals surface area contributed by atoms with Crippen LogP contribution in [0.1, 0.15) is 26.2 Å². The van der Waals surface area contributed by atoms with E-state index in [1.165, 1.54) is 7.11 Å². The molecule has 0 aromatic carbocycles. The maximum Gasteiger partial charge on any atom is 0.312 e. The molecule has 0 aromatic heterocycles. The smallest absolute Gasteiger partial charge is 0.312 e. The van der Waals surface area contributed by atoms with E-state index >= 15 is 0 Å². The first kappa shape index (κ1) is 9.30. The van der Waals surface area contributed by atoms with E-state index < -0.39 is 0 Å². The van der Waals surface area contributed by atoms with Crippen molar-refractivity contribution in [2.24, 2.45) is 11.3 Å². The highest BCUT2D eigenvalue weighted by Gasteiger charge is 2.48. The Morgan fingerprint density at radius 3 is 2.67 bits per heavy atom. The molecule has 2 nitrogen and oxygen atoms in total. The molecule has 0 spiro atoms. The average Bonchev–Trinajstić information content (AvgIpc) is 2.00. The van der Waals surface area contributed by atoms with Gasteiger partial charge in [-0.05, 0) is 25.2 Å². The van der Waals surface area contributed by atoms with Crippen LogP contribution in [0.2, 0.25) is 0 Å². The van der Waals surface area contributed by atoms with E-state index in [0.29, 0.717) is 5.92 Å². The molecule has 0 heterocycles. The number of esters is 1. The van der Waals surface area contributed by atoms with Crippen LogP contribution >= 0.6 is 0 Å². The number of hydrogen-bond acceptors (Lipinski definition) is 2. The van der Waals surface area contributed by atoms with Crippen LogP contribution in [0.15, 0.2) is 12.7 Å². The summed E-state index contributed by atoms with van der Waals surface area (Å²) >= 11 is 0. The summed E-state index contributed by atoms with van der Waals surface area (Å²) in [5, 5.41) is 0. The molecule has 0 atom stereocenters. The van der Waals surface area contributed by atoms with E-state index in [-0.39, 0.29) is 11.4 Å². The van der Waals surface area contributed by atoms with Crippen LogP contribution in [0.25, 0.3) is 0 Å². The van der Waals surface area contributed by atoms with Gasteiger partial charge < -0.3 is 4.74 Å². The summed E-state index contributed by atoms with van der Waals surface area (Å²) in [4.78, 5) is 11.4. The van der Waals surface area contributed by atoms with Crippen LogP contribution in [-0.2, 0) is 9.53 Å². The van der Waals surface area contributed by atoms with Crippen molar-refractivity contribution in [1.29, 1.82) is 0 Å². The third-order valence-electron chi connectivity index (χ3n) is 2.63. The lowest BCUT2D eigenvalue weighted by Gasteiger charge is -2.43. The number of hydrogen-bond donors (Lipinski definition) is 0. The van der Waals surface area contributed by atoms with Crippen LogP contribution in [-0.4, -0.2) is 13.1 Å². The Morgan fingerprint density at radius 2 is 2.33 bits per heavy atom. The molecule has 0 saturated heterocycles. The summed E-state index contributed by atoms with van der Waals surface area (Å²) in [6, 6.07) is 0. The van der Waals surface area contributed by atoms with Crippen molar-refractivity contribution < 1.29 is 9.53 Å². The van der Waals surface area contributed by atoms with E-state index in [0.717, 1.165) is 19.3 Å². The Morgan fingerprint density at radius 1 is 1.75 bits per heavy atom. The van der Waals surface area contributed by atoms with Crippen molar-refractivity contribution in [3.8, 4) is 0 Å². The first-order valence-electron chi connectivity index (χ1n) is 4.34. The van der Waals surface area contributed by atoms with Gasteiger partial charge in [-0.3, -0.25) is 4.79 Å². The van der Waals surface area contributed by atoms with Gasteiger partial charge in [0.05, 0.1) is 12.5 Å². The molecule has 68 valence electrons. The molecule has 2 heteroatoms. The number of ether oxygens (including phenoxy) is 1. The third kappa shape index (κ3) is 1.38. The molecule has 0 radical (unpaired) electrons. The number of carbonyl (C=O) groups is 1. The SMILES string of the molecule is C=CC[C@]1(C(=O)OC)C[C@H](C)C1. The minimum atomic E-state index is -0.226. The van der Waals surface area contributed by atoms with Gasteiger partial charge in [-0.2, -0.15) is 0 Å². The second-order valence-corrected chi connectivity index (χ2v) is 3.78. The zero-order valence-corrected chi connectivity index (χ0v) is 7.80. The standard InChI is InChI=1S/C10H16O2/c1-4-5-10(9(11)12-3)6-8(2)7-10/h4,8H,1,5-7H2,2-3H3/t8-,10-. The Bertz CT molecular complexity index is 190. The van der Waals surface area contributed by atoms with Crippen LogP contribution in [0.4, 0.5) is 0 Å². The van der Waals surface area contributed by atoms with Gasteiger partial charge in [0.15, 0.2) is 0 Å². The van der Waals surface area contributed by atoms with Crippen molar-refractivity contribution in [1.82, 2.24) is 0 Å². The molecule has 1 aliphatic rings. The van der Waals surface area contributed by atoms with E-state index in [4.69, 9.17) is 4.74 Å². The van der Waals surface area contributed by atoms with Gasteiger partial charge >= 0.3 is 5.97 Å². The van der Waals surface area contributed by atoms with Gasteiger partial charge in [0.2, 0.25) is 0 Å². The second-order valence-electron chi connectivity index (χ2n) is 3.78. The topological polar surface area (TPSA) is 26.3 Å². The highest BCUT2D eigenvalue weighted by Crippen LogP contribution is 2.49. The van der Waals surface area contributed by atoms with Gasteiger partial charge in [0.25, 0.3) is 0 Å². The number of methoxy groups -OCH3 is 1. The normalized spacial score (nSPS) is 33.7. The van der Waals surface area contributed by atoms with Gasteiger partial charge in [0, 0.05) is 0 Å². The molecule has 1 aliphatic carbocycles. The van der Waals surface area contributed by atoms with Gasteiger partial charge in [0.1, 0.15) is 0 Å². The molecule has 0 aliphatic heterocycles. The highest BCUT2D eigenvalue weighted by molar-refractivity contribution is 5.78. The molecule has 0 N–H and O–H groups in total. The van der Waals surface area contributed by atoms with Crippen molar-refractivity contribution >= 4 is 5.97 Å². The molecule has 1 fully saturated rings. The summed E-state index contributed by atoms with van der Waals surface area (Å²) in [6.45, 7) is 5.82. The third-order valence-corrected chi connectivity index (χ3v) is 2.63. The first-order chi connectivity index (χ1) is 5.64. The van der Waals surface area contributed by atoms with Crippen molar-refractivity contribution in [2.45, 2.75) is 26.2 Å². The Hall–Kier alpha value is -0.790. The fourth-order valence-electron chi connectivity index (χ4n) is 2.18. The minimum absolute atomic E-state index is 0.0690. The van der Waals surface area contributed by atoms with Gasteiger partial charge in [-0.25, -0.2) is 0 Å². The van der Waals surface area contributed by atoms with Crippen LogP contribution in [0.3, 0.4) is 0 Å². The molecule has 1 rings (SSSR count). The van der Waals surface area contributed by atoms with E-state index in [1.807, 2.05) is 6.08 Å². The monoisotopic (exact) mass is 168 g/mol.